The highest BCUT2D eigenvalue weighted by Gasteiger charge is 2.33. The molecule has 220 valence electrons. The fraction of sp³-hybridized carbons (Fsp3) is 0.406. The van der Waals surface area contributed by atoms with Crippen molar-refractivity contribution >= 4 is 16.6 Å². The highest BCUT2D eigenvalue weighted by molar-refractivity contribution is 5.81. The molecule has 1 aliphatic heterocycles. The summed E-state index contributed by atoms with van der Waals surface area (Å²) < 4.78 is 37.7. The maximum absolute atomic E-state index is 15.3. The monoisotopic (exact) mass is 575 g/mol. The number of hydrogen-bond donors (Lipinski definition) is 1. The van der Waals surface area contributed by atoms with E-state index in [0.29, 0.717) is 30.6 Å². The number of halogens is 2. The van der Waals surface area contributed by atoms with E-state index >= 15 is 8.78 Å². The van der Waals surface area contributed by atoms with Crippen molar-refractivity contribution < 1.29 is 18.6 Å². The van der Waals surface area contributed by atoms with Gasteiger partial charge in [0.2, 0.25) is 0 Å². The number of fused-ring (bicyclic) bond motifs is 1. The number of benzene rings is 1. The zero-order valence-corrected chi connectivity index (χ0v) is 23.6. The van der Waals surface area contributed by atoms with E-state index in [1.807, 2.05) is 46.9 Å². The first kappa shape index (κ1) is 28.2. The smallest absolute Gasteiger partial charge is 0.193 e. The van der Waals surface area contributed by atoms with Gasteiger partial charge in [0, 0.05) is 79.6 Å². The van der Waals surface area contributed by atoms with Gasteiger partial charge in [0.25, 0.3) is 0 Å². The number of rotatable bonds is 10. The van der Waals surface area contributed by atoms with Crippen molar-refractivity contribution in [2.45, 2.75) is 57.5 Å². The molecule has 1 aromatic carbocycles. The maximum Gasteiger partial charge on any atom is 0.193 e. The van der Waals surface area contributed by atoms with Gasteiger partial charge in [-0.3, -0.25) is 19.7 Å². The Balaban J connectivity index is 1.38. The number of ether oxygens (including phenoxy) is 1. The first-order chi connectivity index (χ1) is 20.4. The van der Waals surface area contributed by atoms with E-state index in [1.54, 1.807) is 24.7 Å². The summed E-state index contributed by atoms with van der Waals surface area (Å²) in [7, 11) is 0. The van der Waals surface area contributed by atoms with Crippen LogP contribution in [0.1, 0.15) is 42.1 Å². The van der Waals surface area contributed by atoms with Gasteiger partial charge in [-0.1, -0.05) is 0 Å². The summed E-state index contributed by atoms with van der Waals surface area (Å²) in [6, 6.07) is 10.6. The van der Waals surface area contributed by atoms with Gasteiger partial charge in [-0.2, -0.15) is 0 Å². The zero-order chi connectivity index (χ0) is 29.2. The first-order valence-electron chi connectivity index (χ1n) is 14.4. The van der Waals surface area contributed by atoms with Gasteiger partial charge in [0.15, 0.2) is 17.0 Å². The summed E-state index contributed by atoms with van der Waals surface area (Å²) in [6.07, 6.45) is 8.32. The second kappa shape index (κ2) is 12.1. The van der Waals surface area contributed by atoms with E-state index in [9.17, 15) is 4.79 Å². The molecule has 0 unspecified atom stereocenters. The lowest BCUT2D eigenvalue weighted by Gasteiger charge is -2.41. The second-order valence-electron chi connectivity index (χ2n) is 11.3. The molecule has 0 spiro atoms. The quantitative estimate of drug-likeness (QED) is 0.297. The van der Waals surface area contributed by atoms with Crippen molar-refractivity contribution in [1.29, 1.82) is 0 Å². The largest absolute Gasteiger partial charge is 0.488 e. The van der Waals surface area contributed by atoms with Crippen LogP contribution in [0, 0.1) is 12.7 Å². The predicted octanol–water partition coefficient (Wildman–Crippen LogP) is 4.56. The van der Waals surface area contributed by atoms with Crippen LogP contribution < -0.4 is 15.1 Å². The summed E-state index contributed by atoms with van der Waals surface area (Å²) in [5.41, 5.74) is 3.67. The molecule has 4 aromatic rings. The van der Waals surface area contributed by atoms with Gasteiger partial charge < -0.3 is 19.3 Å². The molecule has 8 nitrogen and oxygen atoms in total. The Hall–Kier alpha value is -3.89. The molecule has 1 saturated heterocycles. The average molecular weight is 576 g/mol. The van der Waals surface area contributed by atoms with Crippen molar-refractivity contribution in [3.05, 3.63) is 94.0 Å². The minimum Gasteiger partial charge on any atom is -0.488 e. The predicted molar refractivity (Wildman–Crippen MR) is 157 cm³/mol. The Morgan fingerprint density at radius 3 is 2.74 bits per heavy atom. The van der Waals surface area contributed by atoms with Crippen LogP contribution in [0.5, 0.6) is 5.75 Å². The summed E-state index contributed by atoms with van der Waals surface area (Å²) in [4.78, 5) is 26.6. The van der Waals surface area contributed by atoms with Crippen LogP contribution in [0.25, 0.3) is 10.9 Å². The molecule has 6 rings (SSSR count). The number of anilines is 1. The Morgan fingerprint density at radius 2 is 2.00 bits per heavy atom. The molecule has 4 heterocycles. The van der Waals surface area contributed by atoms with Gasteiger partial charge in [-0.25, -0.2) is 8.78 Å². The molecular formula is C32H35F2N5O3. The van der Waals surface area contributed by atoms with Crippen LogP contribution >= 0.6 is 0 Å². The Bertz CT molecular complexity index is 1610. The topological polar surface area (TPSA) is 83.7 Å². The van der Waals surface area contributed by atoms with E-state index in [4.69, 9.17) is 9.84 Å². The van der Waals surface area contributed by atoms with Crippen LogP contribution in [-0.2, 0) is 13.1 Å². The Kier molecular flexibility index (Phi) is 8.17. The van der Waals surface area contributed by atoms with Gasteiger partial charge in [-0.05, 0) is 62.1 Å². The lowest BCUT2D eigenvalue weighted by molar-refractivity contribution is 0.121. The van der Waals surface area contributed by atoms with E-state index < -0.39 is 12.0 Å². The number of hydrogen-bond acceptors (Lipinski definition) is 7. The third-order valence-electron chi connectivity index (χ3n) is 8.07. The van der Waals surface area contributed by atoms with Crippen LogP contribution in [0.2, 0.25) is 0 Å². The van der Waals surface area contributed by atoms with Crippen LogP contribution in [0.4, 0.5) is 14.5 Å². The zero-order valence-electron chi connectivity index (χ0n) is 23.6. The number of aliphatic hydroxyl groups is 1. The molecule has 2 fully saturated rings. The summed E-state index contributed by atoms with van der Waals surface area (Å²) in [5.74, 6) is -0.629. The van der Waals surface area contributed by atoms with E-state index in [1.165, 1.54) is 6.07 Å². The summed E-state index contributed by atoms with van der Waals surface area (Å²) in [5, 5.41) is 9.42. The lowest BCUT2D eigenvalue weighted by atomic mass is 10.00. The molecule has 42 heavy (non-hydrogen) atoms. The fourth-order valence-electron chi connectivity index (χ4n) is 5.94. The molecule has 0 amide bonds. The van der Waals surface area contributed by atoms with Gasteiger partial charge in [0.1, 0.15) is 12.8 Å². The van der Waals surface area contributed by atoms with Crippen LogP contribution in [-0.4, -0.2) is 63.1 Å². The number of alkyl halides is 1. The first-order valence-corrected chi connectivity index (χ1v) is 14.4. The van der Waals surface area contributed by atoms with E-state index in [-0.39, 0.29) is 55.0 Å². The Morgan fingerprint density at radius 1 is 1.14 bits per heavy atom. The fourth-order valence-corrected chi connectivity index (χ4v) is 5.94. The Labute approximate surface area is 243 Å². The third-order valence-corrected chi connectivity index (χ3v) is 8.07. The lowest BCUT2D eigenvalue weighted by Crippen LogP contribution is -2.51. The number of pyridine rings is 3. The van der Waals surface area contributed by atoms with E-state index in [2.05, 4.69) is 14.9 Å². The molecule has 3 aromatic heterocycles. The number of nitrogens with zero attached hydrogens (tertiary/aromatic N) is 5. The minimum absolute atomic E-state index is 0.0134. The minimum atomic E-state index is -1.04. The van der Waals surface area contributed by atoms with Gasteiger partial charge in [0.05, 0.1) is 24.0 Å². The molecule has 10 heteroatoms. The highest BCUT2D eigenvalue weighted by Crippen LogP contribution is 2.38. The van der Waals surface area contributed by atoms with Crippen molar-refractivity contribution in [2.75, 3.05) is 31.2 Å². The third kappa shape index (κ3) is 6.15. The summed E-state index contributed by atoms with van der Waals surface area (Å²) in [6.45, 7) is 3.31. The normalized spacial score (nSPS) is 19.0. The van der Waals surface area contributed by atoms with Crippen LogP contribution in [0.15, 0.2) is 66.0 Å². The van der Waals surface area contributed by atoms with Crippen molar-refractivity contribution in [3.8, 4) is 5.75 Å². The van der Waals surface area contributed by atoms with Crippen molar-refractivity contribution in [3.63, 3.8) is 0 Å². The highest BCUT2D eigenvalue weighted by atomic mass is 19.1. The van der Waals surface area contributed by atoms with Crippen molar-refractivity contribution in [1.82, 2.24) is 19.4 Å². The number of aromatic nitrogens is 3. The molecule has 0 bridgehead atoms. The summed E-state index contributed by atoms with van der Waals surface area (Å²) >= 11 is 0. The van der Waals surface area contributed by atoms with E-state index in [0.717, 1.165) is 29.8 Å². The molecule has 1 N–H and O–H groups in total. The SMILES string of the molecule is Cc1cc(CN(Cc2cn(C3CC3)c3cc(OCCO)c(F)cc3c2=O)[C@H]2C[C@H](F)CN(c3cccnc3)C2)ccn1. The maximum atomic E-state index is 15.3. The number of piperidine rings is 1. The van der Waals surface area contributed by atoms with Gasteiger partial charge >= 0.3 is 0 Å². The van der Waals surface area contributed by atoms with Gasteiger partial charge in [-0.15, -0.1) is 0 Å². The van der Waals surface area contributed by atoms with Crippen molar-refractivity contribution in [2.24, 2.45) is 0 Å². The van der Waals surface area contributed by atoms with Crippen LogP contribution in [0.3, 0.4) is 0 Å². The molecule has 2 atom stereocenters. The molecule has 1 saturated carbocycles. The second-order valence-corrected chi connectivity index (χ2v) is 11.3. The number of aliphatic hydroxyl groups excluding tert-OH is 1. The standard InChI is InChI=1S/C32H35F2N5O3/c1-21-11-22(6-8-36-21)16-37(27-12-24(33)19-38(20-27)26-3-2-7-35-15-26)17-23-18-39(25-4-5-25)30-14-31(42-10-9-40)29(34)13-28(30)32(23)41/h2-3,6-8,11,13-15,18,24-25,27,40H,4-5,9-10,12,16-17,19-20H2,1H3/t24-,27-/m0/s1. The molecular weight excluding hydrogens is 540 g/mol. The average Bonchev–Trinajstić information content (AvgIpc) is 3.83. The molecule has 1 aliphatic carbocycles. The molecule has 2 aliphatic rings. The molecule has 0 radical (unpaired) electrons. The number of aryl methyl sites for hydroxylation is 1.